The van der Waals surface area contributed by atoms with Crippen LogP contribution in [-0.2, 0) is 0 Å². The molecule has 1 N–H and O–H groups in total. The molecule has 0 spiro atoms. The number of aliphatic hydroxyl groups is 1. The first-order valence-electron chi connectivity index (χ1n) is 4.59. The smallest absolute Gasteiger partial charge is 0.0564 e. The molecule has 0 atom stereocenters. The van der Waals surface area contributed by atoms with Crippen molar-refractivity contribution in [2.45, 2.75) is 32.8 Å². The minimum absolute atomic E-state index is 0. The predicted molar refractivity (Wildman–Crippen MR) is 53.8 cm³/mol. The Bertz CT molecular complexity index is 111. The van der Waals surface area contributed by atoms with Crippen LogP contribution in [0.4, 0.5) is 0 Å². The van der Waals surface area contributed by atoms with E-state index < -0.39 is 0 Å². The highest BCUT2D eigenvalue weighted by molar-refractivity contribution is 5.85. The first-order valence-corrected chi connectivity index (χ1v) is 4.59. The second-order valence-electron chi connectivity index (χ2n) is 3.93. The van der Waals surface area contributed by atoms with Crippen LogP contribution in [-0.4, -0.2) is 35.7 Å². The minimum Gasteiger partial charge on any atom is -0.393 e. The van der Waals surface area contributed by atoms with E-state index in [0.717, 1.165) is 31.8 Å². The number of rotatable bonds is 2. The van der Waals surface area contributed by atoms with Crippen molar-refractivity contribution >= 4 is 12.4 Å². The number of piperidine rings is 1. The van der Waals surface area contributed by atoms with Crippen molar-refractivity contribution in [1.82, 2.24) is 4.90 Å². The Labute approximate surface area is 81.4 Å². The van der Waals surface area contributed by atoms with Gasteiger partial charge in [0.25, 0.3) is 0 Å². The van der Waals surface area contributed by atoms with Gasteiger partial charge in [-0.15, -0.1) is 12.4 Å². The molecule has 0 bridgehead atoms. The zero-order chi connectivity index (χ0) is 8.27. The molecule has 1 rings (SSSR count). The van der Waals surface area contributed by atoms with Gasteiger partial charge in [0.15, 0.2) is 0 Å². The minimum atomic E-state index is -0.0292. The summed E-state index contributed by atoms with van der Waals surface area (Å²) in [6.45, 7) is 7.83. The summed E-state index contributed by atoms with van der Waals surface area (Å²) in [6.07, 6.45) is 1.90. The maximum absolute atomic E-state index is 9.23. The number of halogens is 1. The van der Waals surface area contributed by atoms with E-state index in [9.17, 15) is 5.11 Å². The van der Waals surface area contributed by atoms with Crippen LogP contribution >= 0.6 is 12.4 Å². The zero-order valence-electron chi connectivity index (χ0n) is 7.99. The quantitative estimate of drug-likeness (QED) is 0.719. The lowest BCUT2D eigenvalue weighted by Gasteiger charge is -2.30. The van der Waals surface area contributed by atoms with Crippen molar-refractivity contribution < 1.29 is 5.11 Å². The van der Waals surface area contributed by atoms with Crippen molar-refractivity contribution in [3.8, 4) is 0 Å². The van der Waals surface area contributed by atoms with Crippen LogP contribution in [0.2, 0.25) is 0 Å². The molecule has 0 aliphatic carbocycles. The Hall–Kier alpha value is 0.210. The zero-order valence-corrected chi connectivity index (χ0v) is 8.81. The number of likely N-dealkylation sites (tertiary alicyclic amines) is 1. The van der Waals surface area contributed by atoms with E-state index in [1.54, 1.807) is 0 Å². The first-order chi connectivity index (χ1) is 5.18. The van der Waals surface area contributed by atoms with Crippen molar-refractivity contribution in [2.75, 3.05) is 19.6 Å². The molecule has 1 saturated heterocycles. The molecule has 0 amide bonds. The molecule has 74 valence electrons. The Morgan fingerprint density at radius 1 is 1.33 bits per heavy atom. The molecule has 3 heteroatoms. The lowest BCUT2D eigenvalue weighted by molar-refractivity contribution is 0.0772. The van der Waals surface area contributed by atoms with Crippen LogP contribution < -0.4 is 0 Å². The van der Waals surface area contributed by atoms with Crippen molar-refractivity contribution in [2.24, 2.45) is 5.92 Å². The molecule has 2 nitrogen and oxygen atoms in total. The average Bonchev–Trinajstić information content (AvgIpc) is 1.93. The second kappa shape index (κ2) is 5.79. The molecule has 1 fully saturated rings. The summed E-state index contributed by atoms with van der Waals surface area (Å²) in [5.41, 5.74) is 0. The first kappa shape index (κ1) is 12.2. The second-order valence-corrected chi connectivity index (χ2v) is 3.93. The van der Waals surface area contributed by atoms with E-state index in [1.807, 2.05) is 0 Å². The van der Waals surface area contributed by atoms with E-state index in [0.29, 0.717) is 0 Å². The number of hydrogen-bond donors (Lipinski definition) is 1. The van der Waals surface area contributed by atoms with E-state index in [-0.39, 0.29) is 18.5 Å². The third kappa shape index (κ3) is 4.29. The van der Waals surface area contributed by atoms with Gasteiger partial charge in [-0.25, -0.2) is 0 Å². The Balaban J connectivity index is 0.00000121. The summed E-state index contributed by atoms with van der Waals surface area (Å²) >= 11 is 0. The molecule has 1 heterocycles. The topological polar surface area (TPSA) is 23.5 Å². The molecular weight excluding hydrogens is 174 g/mol. The van der Waals surface area contributed by atoms with Crippen molar-refractivity contribution in [3.63, 3.8) is 0 Å². The van der Waals surface area contributed by atoms with Crippen LogP contribution in [0, 0.1) is 5.92 Å². The standard InChI is InChI=1S/C9H19NO.ClH/c1-8(2)7-10-5-3-9(11)4-6-10;/h8-9,11H,3-7H2,1-2H3;1H. The molecule has 12 heavy (non-hydrogen) atoms. The molecule has 0 aromatic heterocycles. The average molecular weight is 194 g/mol. The van der Waals surface area contributed by atoms with E-state index in [2.05, 4.69) is 18.7 Å². The highest BCUT2D eigenvalue weighted by Crippen LogP contribution is 2.11. The van der Waals surface area contributed by atoms with Crippen LogP contribution in [0.3, 0.4) is 0 Å². The van der Waals surface area contributed by atoms with E-state index >= 15 is 0 Å². The van der Waals surface area contributed by atoms with Gasteiger partial charge in [-0.2, -0.15) is 0 Å². The van der Waals surface area contributed by atoms with Crippen LogP contribution in [0.15, 0.2) is 0 Å². The molecule has 0 radical (unpaired) electrons. The van der Waals surface area contributed by atoms with Gasteiger partial charge in [0.1, 0.15) is 0 Å². The third-order valence-corrected chi connectivity index (χ3v) is 2.18. The molecular formula is C9H20ClNO. The number of nitrogens with zero attached hydrogens (tertiary/aromatic N) is 1. The van der Waals surface area contributed by atoms with Gasteiger partial charge >= 0.3 is 0 Å². The van der Waals surface area contributed by atoms with Crippen LogP contribution in [0.25, 0.3) is 0 Å². The van der Waals surface area contributed by atoms with Gasteiger partial charge < -0.3 is 10.0 Å². The number of aliphatic hydroxyl groups excluding tert-OH is 1. The lowest BCUT2D eigenvalue weighted by Crippen LogP contribution is -2.37. The predicted octanol–water partition coefficient (Wildman–Crippen LogP) is 1.52. The van der Waals surface area contributed by atoms with E-state index in [1.165, 1.54) is 6.54 Å². The monoisotopic (exact) mass is 193 g/mol. The summed E-state index contributed by atoms with van der Waals surface area (Å²) in [4.78, 5) is 2.44. The summed E-state index contributed by atoms with van der Waals surface area (Å²) in [5, 5.41) is 9.23. The Morgan fingerprint density at radius 3 is 2.25 bits per heavy atom. The third-order valence-electron chi connectivity index (χ3n) is 2.18. The molecule has 0 unspecified atom stereocenters. The SMILES string of the molecule is CC(C)CN1CCC(O)CC1.Cl. The maximum atomic E-state index is 9.23. The van der Waals surface area contributed by atoms with Crippen molar-refractivity contribution in [3.05, 3.63) is 0 Å². The molecule has 1 aliphatic rings. The molecule has 0 aromatic carbocycles. The van der Waals surface area contributed by atoms with Gasteiger partial charge in [0.05, 0.1) is 6.10 Å². The molecule has 0 aromatic rings. The molecule has 1 aliphatic heterocycles. The summed E-state index contributed by atoms with van der Waals surface area (Å²) in [7, 11) is 0. The fourth-order valence-electron chi connectivity index (χ4n) is 1.62. The van der Waals surface area contributed by atoms with Gasteiger partial charge in [-0.3, -0.25) is 0 Å². The summed E-state index contributed by atoms with van der Waals surface area (Å²) < 4.78 is 0. The maximum Gasteiger partial charge on any atom is 0.0564 e. The van der Waals surface area contributed by atoms with Crippen molar-refractivity contribution in [1.29, 1.82) is 0 Å². The number of hydrogen-bond acceptors (Lipinski definition) is 2. The van der Waals surface area contributed by atoms with E-state index in [4.69, 9.17) is 0 Å². The van der Waals surface area contributed by atoms with Gasteiger partial charge in [0, 0.05) is 19.6 Å². The van der Waals surface area contributed by atoms with Gasteiger partial charge in [0.2, 0.25) is 0 Å². The summed E-state index contributed by atoms with van der Waals surface area (Å²) in [5.74, 6) is 0.755. The lowest BCUT2D eigenvalue weighted by atomic mass is 10.1. The normalized spacial score (nSPS) is 21.0. The fourth-order valence-corrected chi connectivity index (χ4v) is 1.62. The summed E-state index contributed by atoms with van der Waals surface area (Å²) in [6, 6.07) is 0. The highest BCUT2D eigenvalue weighted by atomic mass is 35.5. The van der Waals surface area contributed by atoms with Crippen LogP contribution in [0.5, 0.6) is 0 Å². The highest BCUT2D eigenvalue weighted by Gasteiger charge is 2.16. The Morgan fingerprint density at radius 2 is 1.83 bits per heavy atom. The van der Waals surface area contributed by atoms with Gasteiger partial charge in [-0.1, -0.05) is 13.8 Å². The van der Waals surface area contributed by atoms with Gasteiger partial charge in [-0.05, 0) is 18.8 Å². The largest absolute Gasteiger partial charge is 0.393 e. The van der Waals surface area contributed by atoms with Crippen LogP contribution in [0.1, 0.15) is 26.7 Å². The Kier molecular flexibility index (Phi) is 5.89. The fraction of sp³-hybridized carbons (Fsp3) is 1.00. The molecule has 0 saturated carbocycles.